The van der Waals surface area contributed by atoms with Crippen molar-refractivity contribution in [3.8, 4) is 5.75 Å². The summed E-state index contributed by atoms with van der Waals surface area (Å²) >= 11 is 8.41. The second-order valence-corrected chi connectivity index (χ2v) is 13.0. The van der Waals surface area contributed by atoms with Crippen molar-refractivity contribution < 1.29 is 19.1 Å². The fourth-order valence-electron chi connectivity index (χ4n) is 5.15. The van der Waals surface area contributed by atoms with Gasteiger partial charge in [-0.2, -0.15) is 0 Å². The zero-order valence-electron chi connectivity index (χ0n) is 24.1. The van der Waals surface area contributed by atoms with Gasteiger partial charge in [-0.05, 0) is 85.8 Å². The molecule has 10 heteroatoms. The minimum Gasteiger partial charge on any atom is -0.495 e. The maximum Gasteiger partial charge on any atom is 0.341 e. The molecule has 1 aliphatic carbocycles. The van der Waals surface area contributed by atoms with E-state index in [-0.39, 0.29) is 5.91 Å². The van der Waals surface area contributed by atoms with Gasteiger partial charge in [0.2, 0.25) is 5.91 Å². The summed E-state index contributed by atoms with van der Waals surface area (Å²) in [5.41, 5.74) is 4.33. The summed E-state index contributed by atoms with van der Waals surface area (Å²) in [5.74, 6) is 0.478. The fourth-order valence-corrected chi connectivity index (χ4v) is 7.63. The number of thioether (sulfide) groups is 1. The highest BCUT2D eigenvalue weighted by Gasteiger charge is 2.31. The zero-order valence-corrected chi connectivity index (χ0v) is 26.6. The van der Waals surface area contributed by atoms with Gasteiger partial charge in [0.1, 0.15) is 10.8 Å². The van der Waals surface area contributed by atoms with Gasteiger partial charge in [0.25, 0.3) is 0 Å². The molecule has 0 fully saturated rings. The number of esters is 1. The number of benzene rings is 3. The van der Waals surface area contributed by atoms with Crippen molar-refractivity contribution in [2.45, 2.75) is 42.2 Å². The van der Waals surface area contributed by atoms with Crippen LogP contribution in [0.2, 0.25) is 0 Å². The van der Waals surface area contributed by atoms with E-state index < -0.39 is 11.2 Å². The highest BCUT2D eigenvalue weighted by Crippen LogP contribution is 2.43. The number of rotatable bonds is 9. The Hall–Kier alpha value is -3.86. The van der Waals surface area contributed by atoms with E-state index in [0.29, 0.717) is 27.3 Å². The SMILES string of the molecule is COC(=O)c1c(NC(=O)C(C)Sc2cccc(NC(=S)Nc3ccccc3OC)c2)sc2c1CCC(c1ccccc1)C2. The number of fused-ring (bicyclic) bond motifs is 1. The number of methoxy groups -OCH3 is 2. The van der Waals surface area contributed by atoms with Gasteiger partial charge in [-0.15, -0.1) is 23.1 Å². The molecule has 1 aromatic heterocycles. The highest BCUT2D eigenvalue weighted by molar-refractivity contribution is 8.00. The van der Waals surface area contributed by atoms with Crippen molar-refractivity contribution in [2.75, 3.05) is 30.2 Å². The summed E-state index contributed by atoms with van der Waals surface area (Å²) in [6.45, 7) is 1.85. The molecule has 4 aromatic rings. The number of anilines is 3. The van der Waals surface area contributed by atoms with Crippen LogP contribution in [0.1, 0.15) is 45.6 Å². The second kappa shape index (κ2) is 14.1. The molecule has 0 saturated carbocycles. The van der Waals surface area contributed by atoms with E-state index in [1.807, 2.05) is 61.5 Å². The number of para-hydroxylation sites is 2. The van der Waals surface area contributed by atoms with Crippen molar-refractivity contribution >= 4 is 68.7 Å². The molecular weight excluding hydrogens is 599 g/mol. The summed E-state index contributed by atoms with van der Waals surface area (Å²) in [6.07, 6.45) is 2.55. The molecule has 0 bridgehead atoms. The first-order valence-electron chi connectivity index (χ1n) is 13.9. The van der Waals surface area contributed by atoms with Crippen molar-refractivity contribution in [3.63, 3.8) is 0 Å². The Morgan fingerprint density at radius 2 is 1.74 bits per heavy atom. The minimum atomic E-state index is -0.421. The number of thiophene rings is 1. The Morgan fingerprint density at radius 1 is 0.977 bits per heavy atom. The first-order chi connectivity index (χ1) is 20.9. The predicted molar refractivity (Wildman–Crippen MR) is 180 cm³/mol. The molecule has 1 amide bonds. The summed E-state index contributed by atoms with van der Waals surface area (Å²) in [6, 6.07) is 25.7. The molecule has 0 radical (unpaired) electrons. The quantitative estimate of drug-likeness (QED) is 0.0982. The highest BCUT2D eigenvalue weighted by atomic mass is 32.2. The Balaban J connectivity index is 1.25. The third kappa shape index (κ3) is 7.38. The van der Waals surface area contributed by atoms with Crippen molar-refractivity contribution in [2.24, 2.45) is 0 Å². The van der Waals surface area contributed by atoms with Crippen LogP contribution in [-0.4, -0.2) is 36.5 Å². The molecule has 43 heavy (non-hydrogen) atoms. The number of carbonyl (C=O) groups is 2. The van der Waals surface area contributed by atoms with Gasteiger partial charge in [0, 0.05) is 15.5 Å². The monoisotopic (exact) mass is 631 g/mol. The van der Waals surface area contributed by atoms with Crippen LogP contribution in [0.25, 0.3) is 0 Å². The standard InChI is InChI=1S/C33H33N3O4S3/c1-20(42-24-13-9-12-23(19-24)34-33(41)35-26-14-7-8-15-27(26)39-2)30(37)36-31-29(32(38)40-3)25-17-16-22(18-28(25)43-31)21-10-5-4-6-11-21/h4-15,19-20,22H,16-18H2,1-3H3,(H,36,37)(H2,34,35,41). The molecule has 1 aliphatic rings. The van der Waals surface area contributed by atoms with E-state index in [1.54, 1.807) is 7.11 Å². The van der Waals surface area contributed by atoms with Gasteiger partial charge in [0.05, 0.1) is 30.7 Å². The molecule has 7 nitrogen and oxygen atoms in total. The van der Waals surface area contributed by atoms with Crippen molar-refractivity contribution in [3.05, 3.63) is 100 Å². The van der Waals surface area contributed by atoms with Crippen LogP contribution in [-0.2, 0) is 22.4 Å². The van der Waals surface area contributed by atoms with Crippen molar-refractivity contribution in [1.29, 1.82) is 0 Å². The maximum atomic E-state index is 13.4. The van der Waals surface area contributed by atoms with E-state index in [2.05, 4.69) is 40.2 Å². The molecule has 1 heterocycles. The summed E-state index contributed by atoms with van der Waals surface area (Å²) < 4.78 is 10.5. The third-order valence-corrected chi connectivity index (χ3v) is 9.76. The lowest BCUT2D eigenvalue weighted by molar-refractivity contribution is -0.115. The average molecular weight is 632 g/mol. The molecule has 0 spiro atoms. The molecule has 0 saturated heterocycles. The number of thiocarbonyl (C=S) groups is 1. The van der Waals surface area contributed by atoms with Crippen LogP contribution in [0, 0.1) is 0 Å². The number of hydrogen-bond acceptors (Lipinski definition) is 7. The van der Waals surface area contributed by atoms with E-state index in [9.17, 15) is 9.59 Å². The average Bonchev–Trinajstić information content (AvgIpc) is 3.38. The number of nitrogens with one attached hydrogen (secondary N) is 3. The first kappa shape index (κ1) is 30.6. The van der Waals surface area contributed by atoms with Gasteiger partial charge in [0.15, 0.2) is 5.11 Å². The van der Waals surface area contributed by atoms with E-state index in [4.69, 9.17) is 21.7 Å². The van der Waals surface area contributed by atoms with Crippen LogP contribution in [0.15, 0.2) is 83.8 Å². The van der Waals surface area contributed by atoms with Gasteiger partial charge in [-0.1, -0.05) is 48.5 Å². The van der Waals surface area contributed by atoms with Crippen molar-refractivity contribution in [1.82, 2.24) is 0 Å². The summed E-state index contributed by atoms with van der Waals surface area (Å²) in [4.78, 5) is 28.2. The Kier molecular flexibility index (Phi) is 10.0. The van der Waals surface area contributed by atoms with Crippen LogP contribution in [0.5, 0.6) is 5.75 Å². The molecule has 2 atom stereocenters. The van der Waals surface area contributed by atoms with Crippen LogP contribution in [0.4, 0.5) is 16.4 Å². The van der Waals surface area contributed by atoms with Crippen LogP contribution < -0.4 is 20.7 Å². The van der Waals surface area contributed by atoms with E-state index >= 15 is 0 Å². The molecule has 3 N–H and O–H groups in total. The lowest BCUT2D eigenvalue weighted by Gasteiger charge is -2.22. The molecular formula is C33H33N3O4S3. The van der Waals surface area contributed by atoms with Gasteiger partial charge in [-0.3, -0.25) is 4.79 Å². The molecule has 2 unspecified atom stereocenters. The smallest absolute Gasteiger partial charge is 0.341 e. The summed E-state index contributed by atoms with van der Waals surface area (Å²) in [7, 11) is 2.99. The van der Waals surface area contributed by atoms with Gasteiger partial charge >= 0.3 is 5.97 Å². The lowest BCUT2D eigenvalue weighted by atomic mass is 9.83. The lowest BCUT2D eigenvalue weighted by Crippen LogP contribution is -2.23. The number of amides is 1. The Labute approximate surface area is 265 Å². The second-order valence-electron chi connectivity index (χ2n) is 10.1. The maximum absolute atomic E-state index is 13.4. The largest absolute Gasteiger partial charge is 0.495 e. The fraction of sp³-hybridized carbons (Fsp3) is 0.242. The van der Waals surface area contributed by atoms with Crippen LogP contribution >= 0.6 is 35.3 Å². The van der Waals surface area contributed by atoms with E-state index in [1.165, 1.54) is 35.8 Å². The zero-order chi connectivity index (χ0) is 30.3. The van der Waals surface area contributed by atoms with E-state index in [0.717, 1.165) is 46.0 Å². The topological polar surface area (TPSA) is 88.7 Å². The van der Waals surface area contributed by atoms with Gasteiger partial charge in [-0.25, -0.2) is 4.79 Å². The number of carbonyl (C=O) groups excluding carboxylic acids is 2. The minimum absolute atomic E-state index is 0.180. The number of hydrogen-bond donors (Lipinski definition) is 3. The third-order valence-electron chi connectivity index (χ3n) is 7.29. The molecule has 3 aromatic carbocycles. The first-order valence-corrected chi connectivity index (χ1v) is 16.0. The number of ether oxygens (including phenoxy) is 2. The normalized spacial score (nSPS) is 14.6. The van der Waals surface area contributed by atoms with Gasteiger partial charge < -0.3 is 25.4 Å². The summed E-state index contributed by atoms with van der Waals surface area (Å²) in [5, 5.41) is 9.95. The predicted octanol–water partition coefficient (Wildman–Crippen LogP) is 7.74. The molecule has 5 rings (SSSR count). The molecule has 0 aliphatic heterocycles. The molecule has 222 valence electrons. The Morgan fingerprint density at radius 3 is 2.51 bits per heavy atom. The Bertz CT molecular complexity index is 1620. The van der Waals surface area contributed by atoms with Crippen LogP contribution in [0.3, 0.4) is 0 Å².